The topological polar surface area (TPSA) is 3.88 Å². The molecule has 156 valence electrons. The Kier molecular flexibility index (Phi) is 5.36. The van der Waals surface area contributed by atoms with Crippen LogP contribution in [0.1, 0.15) is 42.5 Å². The fourth-order valence-corrected chi connectivity index (χ4v) is 5.31. The van der Waals surface area contributed by atoms with Crippen molar-refractivity contribution in [2.45, 2.75) is 46.0 Å². The van der Waals surface area contributed by atoms with Crippen molar-refractivity contribution >= 4 is 10.8 Å². The molecule has 1 aromatic heterocycles. The maximum absolute atomic E-state index is 2.44. The summed E-state index contributed by atoms with van der Waals surface area (Å²) in [7, 11) is 2.20. The fraction of sp³-hybridized carbons (Fsp3) is 0.300. The van der Waals surface area contributed by atoms with Gasteiger partial charge in [-0.15, -0.1) is 0 Å². The van der Waals surface area contributed by atoms with Crippen molar-refractivity contribution in [2.75, 3.05) is 0 Å². The Hall–Kier alpha value is -2.93. The van der Waals surface area contributed by atoms with Crippen LogP contribution in [0.25, 0.3) is 33.2 Å². The minimum Gasteiger partial charge on any atom is -0.198 e. The van der Waals surface area contributed by atoms with Crippen LogP contribution in [0.2, 0.25) is 0 Å². The number of nitrogens with zero attached hydrogens (tertiary/aromatic N) is 1. The van der Waals surface area contributed by atoms with E-state index in [4.69, 9.17) is 0 Å². The molecule has 0 amide bonds. The lowest BCUT2D eigenvalue weighted by atomic mass is 9.92. The Morgan fingerprint density at radius 2 is 1.58 bits per heavy atom. The highest BCUT2D eigenvalue weighted by molar-refractivity contribution is 5.95. The summed E-state index contributed by atoms with van der Waals surface area (Å²) in [5, 5.41) is 2.71. The molecule has 5 rings (SSSR count). The van der Waals surface area contributed by atoms with Gasteiger partial charge in [0, 0.05) is 13.0 Å². The van der Waals surface area contributed by atoms with Crippen LogP contribution >= 0.6 is 0 Å². The van der Waals surface area contributed by atoms with Crippen LogP contribution in [0.5, 0.6) is 0 Å². The molecule has 0 spiro atoms. The number of benzene rings is 3. The summed E-state index contributed by atoms with van der Waals surface area (Å²) in [5.74, 6) is 0.877. The molecule has 1 aliphatic rings. The molecule has 0 saturated heterocycles. The zero-order valence-corrected chi connectivity index (χ0v) is 19.0. The highest BCUT2D eigenvalue weighted by Gasteiger charge is 2.21. The third-order valence-electron chi connectivity index (χ3n) is 7.20. The molecule has 1 heteroatoms. The van der Waals surface area contributed by atoms with E-state index in [1.165, 1.54) is 82.1 Å². The summed E-state index contributed by atoms with van der Waals surface area (Å²) < 4.78 is 2.36. The van der Waals surface area contributed by atoms with Gasteiger partial charge in [0.15, 0.2) is 5.69 Å². The molecule has 0 bridgehead atoms. The van der Waals surface area contributed by atoms with E-state index in [1.807, 2.05) is 0 Å². The van der Waals surface area contributed by atoms with Crippen molar-refractivity contribution in [1.82, 2.24) is 0 Å². The Morgan fingerprint density at radius 3 is 2.35 bits per heavy atom. The first-order chi connectivity index (χ1) is 15.1. The summed E-state index contributed by atoms with van der Waals surface area (Å²) in [6, 6.07) is 27.1. The maximum atomic E-state index is 2.44. The number of hydrogen-bond acceptors (Lipinski definition) is 0. The van der Waals surface area contributed by atoms with Crippen LogP contribution in [0.4, 0.5) is 0 Å². The molecule has 31 heavy (non-hydrogen) atoms. The third kappa shape index (κ3) is 3.90. The fourth-order valence-electron chi connectivity index (χ4n) is 5.31. The Balaban J connectivity index is 1.64. The van der Waals surface area contributed by atoms with Gasteiger partial charge in [0.1, 0.15) is 7.05 Å². The van der Waals surface area contributed by atoms with E-state index < -0.39 is 0 Å². The van der Waals surface area contributed by atoms with Crippen LogP contribution < -0.4 is 4.57 Å². The van der Waals surface area contributed by atoms with Crippen molar-refractivity contribution in [1.29, 1.82) is 0 Å². The Labute approximate surface area is 186 Å². The average molecular weight is 407 g/mol. The predicted molar refractivity (Wildman–Crippen MR) is 131 cm³/mol. The van der Waals surface area contributed by atoms with Gasteiger partial charge in [-0.1, -0.05) is 80.3 Å². The van der Waals surface area contributed by atoms with Gasteiger partial charge in [0.25, 0.3) is 0 Å². The van der Waals surface area contributed by atoms with Crippen LogP contribution in [0.3, 0.4) is 0 Å². The second kappa shape index (κ2) is 8.30. The minimum absolute atomic E-state index is 0.877. The monoisotopic (exact) mass is 406 g/mol. The first kappa shape index (κ1) is 20.0. The largest absolute Gasteiger partial charge is 0.220 e. The number of fused-ring (bicyclic) bond motifs is 1. The van der Waals surface area contributed by atoms with E-state index in [1.54, 1.807) is 0 Å². The third-order valence-corrected chi connectivity index (χ3v) is 7.20. The number of aromatic nitrogens is 1. The van der Waals surface area contributed by atoms with Gasteiger partial charge >= 0.3 is 0 Å². The van der Waals surface area contributed by atoms with E-state index >= 15 is 0 Å². The van der Waals surface area contributed by atoms with E-state index in [-0.39, 0.29) is 0 Å². The van der Waals surface area contributed by atoms with Crippen molar-refractivity contribution < 1.29 is 4.57 Å². The smallest absolute Gasteiger partial charge is 0.198 e. The van der Waals surface area contributed by atoms with Crippen LogP contribution in [-0.2, 0) is 13.5 Å². The molecule has 0 aliphatic heterocycles. The molecule has 1 aliphatic carbocycles. The number of pyridine rings is 1. The highest BCUT2D eigenvalue weighted by Crippen LogP contribution is 2.34. The maximum Gasteiger partial charge on any atom is 0.220 e. The zero-order valence-electron chi connectivity index (χ0n) is 19.0. The molecule has 4 aromatic rings. The molecule has 0 unspecified atom stereocenters. The lowest BCUT2D eigenvalue weighted by Gasteiger charge is -2.14. The van der Waals surface area contributed by atoms with E-state index in [2.05, 4.69) is 98.3 Å². The van der Waals surface area contributed by atoms with Gasteiger partial charge in [-0.25, -0.2) is 0 Å². The average Bonchev–Trinajstić information content (AvgIpc) is 3.29. The first-order valence-electron chi connectivity index (χ1n) is 11.7. The van der Waals surface area contributed by atoms with Gasteiger partial charge in [0.2, 0.25) is 5.69 Å². The number of aryl methyl sites for hydroxylation is 2. The molecule has 1 heterocycles. The van der Waals surface area contributed by atoms with Gasteiger partial charge in [-0.2, -0.15) is 4.57 Å². The van der Waals surface area contributed by atoms with Gasteiger partial charge < -0.3 is 0 Å². The number of rotatable bonds is 4. The van der Waals surface area contributed by atoms with Gasteiger partial charge in [-0.3, -0.25) is 0 Å². The SMILES string of the molecule is Cc1ccc(-c2ccccc2)cc1-c1c2ccc(CC3CCCC3)cc2cc(C)[n+]1C. The Bertz CT molecular complexity index is 1230. The predicted octanol–water partition coefficient (Wildman–Crippen LogP) is 7.35. The molecular weight excluding hydrogens is 374 g/mol. The van der Waals surface area contributed by atoms with E-state index in [0.717, 1.165) is 5.92 Å². The summed E-state index contributed by atoms with van der Waals surface area (Å²) in [6.07, 6.45) is 6.85. The van der Waals surface area contributed by atoms with Crippen LogP contribution in [0.15, 0.2) is 72.8 Å². The van der Waals surface area contributed by atoms with Gasteiger partial charge in [-0.05, 0) is 59.0 Å². The molecule has 3 aromatic carbocycles. The molecule has 0 atom stereocenters. The lowest BCUT2D eigenvalue weighted by molar-refractivity contribution is -0.665. The summed E-state index contributed by atoms with van der Waals surface area (Å²) in [4.78, 5) is 0. The summed E-state index contributed by atoms with van der Waals surface area (Å²) in [5.41, 5.74) is 9.28. The molecule has 1 fully saturated rings. The standard InChI is InChI=1S/C30H32N/c1-21-13-15-26(25-11-5-4-6-12-25)20-29(21)30-28-16-14-24(18-23-9-7-8-10-23)19-27(28)17-22(2)31(30)3/h4-6,11-17,19-20,23H,7-10,18H2,1-3H3/q+1. The molecule has 0 N–H and O–H groups in total. The van der Waals surface area contributed by atoms with Crippen molar-refractivity contribution in [2.24, 2.45) is 13.0 Å². The molecule has 1 nitrogen and oxygen atoms in total. The molecule has 1 saturated carbocycles. The minimum atomic E-state index is 0.877. The van der Waals surface area contributed by atoms with Crippen molar-refractivity contribution in [3.8, 4) is 22.4 Å². The van der Waals surface area contributed by atoms with E-state index in [9.17, 15) is 0 Å². The summed E-state index contributed by atoms with van der Waals surface area (Å²) in [6.45, 7) is 4.45. The number of hydrogen-bond donors (Lipinski definition) is 0. The zero-order chi connectivity index (χ0) is 21.4. The normalized spacial score (nSPS) is 14.4. The van der Waals surface area contributed by atoms with Crippen molar-refractivity contribution in [3.05, 3.63) is 89.6 Å². The summed E-state index contributed by atoms with van der Waals surface area (Å²) >= 11 is 0. The second-order valence-electron chi connectivity index (χ2n) is 9.37. The van der Waals surface area contributed by atoms with Crippen LogP contribution in [0, 0.1) is 19.8 Å². The van der Waals surface area contributed by atoms with E-state index in [0.29, 0.717) is 0 Å². The molecular formula is C30H32N+. The second-order valence-corrected chi connectivity index (χ2v) is 9.37. The van der Waals surface area contributed by atoms with Gasteiger partial charge in [0.05, 0.1) is 10.9 Å². The first-order valence-corrected chi connectivity index (χ1v) is 11.7. The Morgan fingerprint density at radius 1 is 0.806 bits per heavy atom. The quantitative estimate of drug-likeness (QED) is 0.312. The lowest BCUT2D eigenvalue weighted by Crippen LogP contribution is -2.35. The highest BCUT2D eigenvalue weighted by atomic mass is 14.9. The van der Waals surface area contributed by atoms with Crippen LogP contribution in [-0.4, -0.2) is 0 Å². The molecule has 0 radical (unpaired) electrons. The van der Waals surface area contributed by atoms with Crippen molar-refractivity contribution in [3.63, 3.8) is 0 Å².